The zero-order chi connectivity index (χ0) is 60.7. The molecule has 0 saturated heterocycles. The highest BCUT2D eigenvalue weighted by Crippen LogP contribution is 2.43. The fraction of sp³-hybridized carbons (Fsp3) is 0.890. The minimum Gasteiger partial charge on any atom is -0.456 e. The minimum absolute atomic E-state index is 0.0428. The molecule has 0 rings (SSSR count). The predicted molar refractivity (Wildman–Crippen MR) is 360 cm³/mol. The summed E-state index contributed by atoms with van der Waals surface area (Å²) in [5, 5.41) is 3.08. The van der Waals surface area contributed by atoms with Gasteiger partial charge in [0.05, 0.1) is 33.8 Å². The smallest absolute Gasteiger partial charge is 0.456 e. The Morgan fingerprint density at radius 1 is 0.422 bits per heavy atom. The molecule has 3 atom stereocenters. The first kappa shape index (κ1) is 81.2. The average molecular weight is 1190 g/mol. The molecule has 0 heterocycles. The van der Waals surface area contributed by atoms with E-state index in [1.54, 1.807) is 0 Å². The minimum atomic E-state index is -4.45. The molecule has 2 N–H and O–H groups in total. The number of nitrogens with one attached hydrogen (secondary N) is 1. The number of rotatable bonds is 67. The van der Waals surface area contributed by atoms with Crippen LogP contribution in [0.5, 0.6) is 0 Å². The molecule has 0 fully saturated rings. The molecule has 0 saturated carbocycles. The van der Waals surface area contributed by atoms with Crippen molar-refractivity contribution < 1.29 is 37.3 Å². The van der Waals surface area contributed by atoms with Crippen molar-refractivity contribution in [2.24, 2.45) is 0 Å². The number of phosphoric acid groups is 1. The quantitative estimate of drug-likeness (QED) is 0.0205. The number of hydrogen-bond acceptors (Lipinski definition) is 6. The third kappa shape index (κ3) is 64.5. The molecule has 0 spiro atoms. The first-order chi connectivity index (χ1) is 40.4. The highest BCUT2D eigenvalue weighted by molar-refractivity contribution is 7.47. The largest absolute Gasteiger partial charge is 0.472 e. The molecular weight excluding hydrogens is 1050 g/mol. The van der Waals surface area contributed by atoms with Crippen LogP contribution in [0.25, 0.3) is 0 Å². The molecule has 0 aromatic heterocycles. The number of hydrogen-bond donors (Lipinski definition) is 2. The van der Waals surface area contributed by atoms with Crippen molar-refractivity contribution in [1.29, 1.82) is 0 Å². The van der Waals surface area contributed by atoms with Gasteiger partial charge < -0.3 is 19.4 Å². The van der Waals surface area contributed by atoms with E-state index in [4.69, 9.17) is 13.8 Å². The summed E-state index contributed by atoms with van der Waals surface area (Å²) >= 11 is 0. The van der Waals surface area contributed by atoms with E-state index < -0.39 is 20.0 Å². The van der Waals surface area contributed by atoms with Crippen molar-refractivity contribution in [3.8, 4) is 0 Å². The number of carbonyl (C=O) groups is 2. The van der Waals surface area contributed by atoms with E-state index >= 15 is 0 Å². The Hall–Kier alpha value is -1.77. The lowest BCUT2D eigenvalue weighted by Crippen LogP contribution is -2.47. The van der Waals surface area contributed by atoms with E-state index in [0.29, 0.717) is 23.9 Å². The second-order valence-electron chi connectivity index (χ2n) is 26.1. The van der Waals surface area contributed by atoms with Crippen LogP contribution in [-0.2, 0) is 27.9 Å². The molecular formula is C73H142N2O7P+. The Kier molecular flexibility index (Phi) is 61.9. The fourth-order valence-electron chi connectivity index (χ4n) is 11.0. The standard InChI is InChI=1S/C73H141N2O7P/c1-7-10-13-16-19-22-25-27-29-31-33-35-36-37-38-40-41-43-45-47-50-53-56-59-62-65-72(76)74-70(69-81-83(78,79)80-68-67-75(4,5)6)71(64-61-58-55-52-49-24-21-18-15-12-9-3)82-73(77)66-63-60-57-54-51-48-46-44-42-39-34-32-30-28-26-23-20-17-14-11-8-2/h20,23,28,30,61,64,70-71H,7-19,21-22,24-27,29,31-60,62-63,65-69H2,1-6H3,(H-,74,76,78,79)/p+1/b23-20-,30-28-,64-61+. The fourth-order valence-corrected chi connectivity index (χ4v) is 11.7. The van der Waals surface area contributed by atoms with Gasteiger partial charge in [0.2, 0.25) is 5.91 Å². The summed E-state index contributed by atoms with van der Waals surface area (Å²) in [6.07, 6.45) is 78.8. The number of quaternary nitrogens is 1. The predicted octanol–water partition coefficient (Wildman–Crippen LogP) is 23.0. The Bertz CT molecular complexity index is 1510. The van der Waals surface area contributed by atoms with Crippen LogP contribution in [0, 0.1) is 0 Å². The number of unbranched alkanes of at least 4 members (excludes halogenated alkanes) is 47. The average Bonchev–Trinajstić information content (AvgIpc) is 3.51. The van der Waals surface area contributed by atoms with Crippen LogP contribution >= 0.6 is 7.82 Å². The molecule has 1 amide bonds. The van der Waals surface area contributed by atoms with Gasteiger partial charge in [0.25, 0.3) is 0 Å². The number of ether oxygens (including phenoxy) is 1. The van der Waals surface area contributed by atoms with Crippen molar-refractivity contribution in [2.45, 2.75) is 380 Å². The van der Waals surface area contributed by atoms with Crippen molar-refractivity contribution in [3.05, 3.63) is 36.5 Å². The summed E-state index contributed by atoms with van der Waals surface area (Å²) in [7, 11) is 1.51. The van der Waals surface area contributed by atoms with Crippen LogP contribution in [0.4, 0.5) is 0 Å². The molecule has 0 aromatic rings. The summed E-state index contributed by atoms with van der Waals surface area (Å²) in [5.41, 5.74) is 0. The number of carbonyl (C=O) groups excluding carboxylic acids is 2. The number of esters is 1. The molecule has 3 unspecified atom stereocenters. The Balaban J connectivity index is 4.96. The summed E-state index contributed by atoms with van der Waals surface area (Å²) in [6, 6.07) is -0.846. The lowest BCUT2D eigenvalue weighted by Gasteiger charge is -2.27. The summed E-state index contributed by atoms with van der Waals surface area (Å²) in [6.45, 7) is 7.05. The van der Waals surface area contributed by atoms with Crippen LogP contribution in [0.3, 0.4) is 0 Å². The molecule has 9 nitrogen and oxygen atoms in total. The van der Waals surface area contributed by atoms with Crippen molar-refractivity contribution in [2.75, 3.05) is 40.9 Å². The van der Waals surface area contributed by atoms with E-state index in [2.05, 4.69) is 50.4 Å². The van der Waals surface area contributed by atoms with Gasteiger partial charge in [-0.2, -0.15) is 0 Å². The number of nitrogens with zero attached hydrogens (tertiary/aromatic N) is 1. The lowest BCUT2D eigenvalue weighted by atomic mass is 10.0. The molecule has 0 aromatic carbocycles. The van der Waals surface area contributed by atoms with Crippen LogP contribution in [0.15, 0.2) is 36.5 Å². The van der Waals surface area contributed by atoms with Gasteiger partial charge in [0, 0.05) is 12.8 Å². The van der Waals surface area contributed by atoms with Gasteiger partial charge >= 0.3 is 13.8 Å². The van der Waals surface area contributed by atoms with Gasteiger partial charge in [-0.15, -0.1) is 0 Å². The van der Waals surface area contributed by atoms with E-state index in [1.165, 1.54) is 270 Å². The Labute approximate surface area is 516 Å². The molecule has 0 bridgehead atoms. The van der Waals surface area contributed by atoms with E-state index in [1.807, 2.05) is 33.3 Å². The molecule has 0 radical (unpaired) electrons. The maximum Gasteiger partial charge on any atom is 0.472 e. The van der Waals surface area contributed by atoms with Crippen LogP contribution in [-0.4, -0.2) is 74.3 Å². The summed E-state index contributed by atoms with van der Waals surface area (Å²) < 4.78 is 30.8. The number of amides is 1. The Morgan fingerprint density at radius 2 is 0.735 bits per heavy atom. The van der Waals surface area contributed by atoms with Crippen LogP contribution < -0.4 is 5.32 Å². The van der Waals surface area contributed by atoms with Gasteiger partial charge in [-0.1, -0.05) is 327 Å². The molecule has 0 aliphatic rings. The van der Waals surface area contributed by atoms with Gasteiger partial charge in [0.1, 0.15) is 19.3 Å². The summed E-state index contributed by atoms with van der Waals surface area (Å²) in [4.78, 5) is 37.9. The monoisotopic (exact) mass is 1190 g/mol. The van der Waals surface area contributed by atoms with Crippen LogP contribution in [0.2, 0.25) is 0 Å². The zero-order valence-corrected chi connectivity index (χ0v) is 57.1. The van der Waals surface area contributed by atoms with Crippen LogP contribution in [0.1, 0.15) is 367 Å². The number of likely N-dealkylation sites (N-methyl/N-ethyl adjacent to an activating group) is 1. The first-order valence-corrected chi connectivity index (χ1v) is 37.8. The highest BCUT2D eigenvalue weighted by atomic mass is 31.2. The van der Waals surface area contributed by atoms with Crippen molar-refractivity contribution in [3.63, 3.8) is 0 Å². The van der Waals surface area contributed by atoms with Gasteiger partial charge in [0.15, 0.2) is 0 Å². The third-order valence-electron chi connectivity index (χ3n) is 16.6. The maximum absolute atomic E-state index is 13.6. The van der Waals surface area contributed by atoms with Gasteiger partial charge in [-0.3, -0.25) is 18.6 Å². The van der Waals surface area contributed by atoms with Crippen molar-refractivity contribution in [1.82, 2.24) is 5.32 Å². The second kappa shape index (κ2) is 63.3. The molecule has 10 heteroatoms. The first-order valence-electron chi connectivity index (χ1n) is 36.3. The SMILES string of the molecule is CCCCC/C=C\C/C=C\CCCCCCCCCCCCCC(=O)OC(/C=C/CCCCCCCCCCC)C(COP(=O)(O)OCC[N+](C)(C)C)NC(=O)CCCCCCCCCCCCCCCCCCCCCCCCCCC. The number of allylic oxidation sites excluding steroid dienone is 5. The second-order valence-corrected chi connectivity index (χ2v) is 27.6. The molecule has 0 aliphatic carbocycles. The van der Waals surface area contributed by atoms with Gasteiger partial charge in [-0.05, 0) is 63.9 Å². The molecule has 490 valence electrons. The zero-order valence-electron chi connectivity index (χ0n) is 56.2. The molecule has 83 heavy (non-hydrogen) atoms. The van der Waals surface area contributed by atoms with E-state index in [-0.39, 0.29) is 25.1 Å². The van der Waals surface area contributed by atoms with Gasteiger partial charge in [-0.25, -0.2) is 4.57 Å². The van der Waals surface area contributed by atoms with Crippen molar-refractivity contribution >= 4 is 19.7 Å². The lowest BCUT2D eigenvalue weighted by molar-refractivity contribution is -0.870. The van der Waals surface area contributed by atoms with E-state index in [0.717, 1.165) is 64.2 Å². The normalized spacial score (nSPS) is 13.7. The Morgan fingerprint density at radius 3 is 1.11 bits per heavy atom. The number of phosphoric ester groups is 1. The third-order valence-corrected chi connectivity index (χ3v) is 17.6. The topological polar surface area (TPSA) is 111 Å². The van der Waals surface area contributed by atoms with E-state index in [9.17, 15) is 19.0 Å². The molecule has 0 aliphatic heterocycles. The summed E-state index contributed by atoms with van der Waals surface area (Å²) in [5.74, 6) is -0.488. The maximum atomic E-state index is 13.6. The highest BCUT2D eigenvalue weighted by Gasteiger charge is 2.30.